The largest absolute Gasteiger partial charge is 0.463 e. The van der Waals surface area contributed by atoms with Crippen molar-refractivity contribution in [3.63, 3.8) is 0 Å². The van der Waals surface area contributed by atoms with E-state index in [1.54, 1.807) is 42.7 Å². The number of thiazole rings is 1. The first-order valence-corrected chi connectivity index (χ1v) is 13.4. The van der Waals surface area contributed by atoms with Crippen molar-refractivity contribution < 1.29 is 19.1 Å². The third-order valence-corrected chi connectivity index (χ3v) is 7.28. The number of aromatic nitrogens is 1. The number of nitrogens with zero attached hydrogens (tertiary/aromatic N) is 3. The Labute approximate surface area is 225 Å². The third kappa shape index (κ3) is 5.47. The van der Waals surface area contributed by atoms with Crippen LogP contribution in [0.4, 0.5) is 5.69 Å². The van der Waals surface area contributed by atoms with Gasteiger partial charge in [0.1, 0.15) is 5.75 Å². The van der Waals surface area contributed by atoms with Crippen molar-refractivity contribution in [2.24, 2.45) is 4.99 Å². The molecule has 0 fully saturated rings. The second kappa shape index (κ2) is 11.6. The molecule has 0 amide bonds. The highest BCUT2D eigenvalue weighted by Gasteiger charge is 2.33. The van der Waals surface area contributed by atoms with Gasteiger partial charge in [-0.05, 0) is 69.2 Å². The molecule has 8 nitrogen and oxygen atoms in total. The average Bonchev–Trinajstić information content (AvgIpc) is 3.19. The van der Waals surface area contributed by atoms with Crippen LogP contribution in [-0.4, -0.2) is 36.2 Å². The Morgan fingerprint density at radius 3 is 2.29 bits per heavy atom. The molecule has 198 valence electrons. The van der Waals surface area contributed by atoms with Crippen LogP contribution < -0.4 is 24.5 Å². The van der Waals surface area contributed by atoms with Gasteiger partial charge in [-0.15, -0.1) is 0 Å². The lowest BCUT2D eigenvalue weighted by Crippen LogP contribution is -2.39. The van der Waals surface area contributed by atoms with Gasteiger partial charge in [-0.3, -0.25) is 14.2 Å². The Bertz CT molecular complexity index is 1550. The number of carbonyl (C=O) groups is 2. The zero-order valence-corrected chi connectivity index (χ0v) is 23.0. The molecule has 1 aromatic heterocycles. The molecule has 1 aliphatic heterocycles. The second-order valence-corrected chi connectivity index (χ2v) is 9.74. The van der Waals surface area contributed by atoms with Gasteiger partial charge in [0.2, 0.25) is 0 Å². The first-order chi connectivity index (χ1) is 18.3. The molecule has 1 aliphatic rings. The van der Waals surface area contributed by atoms with Crippen LogP contribution in [0.25, 0.3) is 6.08 Å². The van der Waals surface area contributed by atoms with Crippen molar-refractivity contribution in [3.8, 4) is 5.75 Å². The van der Waals surface area contributed by atoms with E-state index in [0.717, 1.165) is 24.3 Å². The van der Waals surface area contributed by atoms with Crippen LogP contribution in [0.5, 0.6) is 5.75 Å². The van der Waals surface area contributed by atoms with E-state index in [4.69, 9.17) is 9.47 Å². The molecule has 0 spiro atoms. The molecule has 2 aromatic carbocycles. The van der Waals surface area contributed by atoms with Gasteiger partial charge in [0.15, 0.2) is 4.80 Å². The number of carbonyl (C=O) groups excluding carboxylic acids is 2. The maximum absolute atomic E-state index is 13.7. The number of fused-ring (bicyclic) bond motifs is 1. The number of ether oxygens (including phenoxy) is 2. The summed E-state index contributed by atoms with van der Waals surface area (Å²) in [5, 5.41) is 0. The summed E-state index contributed by atoms with van der Waals surface area (Å²) >= 11 is 1.28. The molecule has 4 rings (SSSR count). The zero-order valence-electron chi connectivity index (χ0n) is 22.2. The monoisotopic (exact) mass is 533 g/mol. The van der Waals surface area contributed by atoms with Gasteiger partial charge < -0.3 is 14.4 Å². The number of hydrogen-bond donors (Lipinski definition) is 0. The summed E-state index contributed by atoms with van der Waals surface area (Å²) in [7, 11) is 0. The minimum atomic E-state index is -0.733. The highest BCUT2D eigenvalue weighted by molar-refractivity contribution is 7.07. The smallest absolute Gasteiger partial charge is 0.338 e. The van der Waals surface area contributed by atoms with E-state index in [-0.39, 0.29) is 12.2 Å². The molecule has 3 aromatic rings. The van der Waals surface area contributed by atoms with Crippen molar-refractivity contribution in [2.75, 3.05) is 24.6 Å². The Balaban J connectivity index is 1.83. The summed E-state index contributed by atoms with van der Waals surface area (Å²) in [6.45, 7) is 11.1. The van der Waals surface area contributed by atoms with Gasteiger partial charge >= 0.3 is 11.9 Å². The van der Waals surface area contributed by atoms with Crippen molar-refractivity contribution in [3.05, 3.63) is 90.6 Å². The van der Waals surface area contributed by atoms with Crippen LogP contribution in [0.2, 0.25) is 0 Å². The van der Waals surface area contributed by atoms with Crippen LogP contribution in [0.1, 0.15) is 51.8 Å². The summed E-state index contributed by atoms with van der Waals surface area (Å²) < 4.78 is 12.5. The second-order valence-electron chi connectivity index (χ2n) is 8.73. The first-order valence-electron chi connectivity index (χ1n) is 12.6. The normalized spacial score (nSPS) is 15.1. The summed E-state index contributed by atoms with van der Waals surface area (Å²) in [4.78, 5) is 45.5. The molecular weight excluding hydrogens is 502 g/mol. The number of esters is 2. The van der Waals surface area contributed by atoms with E-state index in [1.807, 2.05) is 30.3 Å². The maximum atomic E-state index is 13.7. The molecule has 0 saturated carbocycles. The van der Waals surface area contributed by atoms with Gasteiger partial charge in [-0.1, -0.05) is 35.6 Å². The molecule has 0 bridgehead atoms. The topological polar surface area (TPSA) is 90.2 Å². The summed E-state index contributed by atoms with van der Waals surface area (Å²) in [6, 6.07) is 14.1. The summed E-state index contributed by atoms with van der Waals surface area (Å²) in [5.41, 5.74) is 3.25. The van der Waals surface area contributed by atoms with E-state index in [1.165, 1.54) is 18.3 Å². The van der Waals surface area contributed by atoms with Crippen molar-refractivity contribution in [1.29, 1.82) is 0 Å². The quantitative estimate of drug-likeness (QED) is 0.325. The predicted molar refractivity (Wildman–Crippen MR) is 148 cm³/mol. The standard InChI is InChI=1S/C29H31N3O5S/c1-6-31(7-2)22-13-9-20(10-14-22)17-24-27(34)32-26(21-11-15-23(16-12-21)37-19(5)33)25(28(35)36-8-3)18(4)30-29(32)38-24/h9-17,26H,6-8H2,1-5H3/b24-17+. The third-order valence-electron chi connectivity index (χ3n) is 6.29. The average molecular weight is 534 g/mol. The fraction of sp³-hybridized carbons (Fsp3) is 0.310. The van der Waals surface area contributed by atoms with E-state index < -0.39 is 18.0 Å². The van der Waals surface area contributed by atoms with Gasteiger partial charge in [-0.2, -0.15) is 0 Å². The lowest BCUT2D eigenvalue weighted by molar-refractivity contribution is -0.139. The highest BCUT2D eigenvalue weighted by Crippen LogP contribution is 2.31. The predicted octanol–water partition coefficient (Wildman–Crippen LogP) is 3.57. The van der Waals surface area contributed by atoms with Crippen LogP contribution in [0.3, 0.4) is 0 Å². The molecule has 1 atom stereocenters. The number of hydrogen-bond acceptors (Lipinski definition) is 8. The zero-order chi connectivity index (χ0) is 27.4. The molecule has 9 heteroatoms. The molecule has 0 saturated heterocycles. The minimum Gasteiger partial charge on any atom is -0.463 e. The van der Waals surface area contributed by atoms with Crippen LogP contribution in [0, 0.1) is 0 Å². The molecule has 1 unspecified atom stereocenters. The van der Waals surface area contributed by atoms with E-state index in [0.29, 0.717) is 31.9 Å². The Kier molecular flexibility index (Phi) is 8.26. The Hall–Kier alpha value is -3.98. The van der Waals surface area contributed by atoms with Gasteiger partial charge in [0.05, 0.1) is 28.5 Å². The molecule has 0 aliphatic carbocycles. The minimum absolute atomic E-state index is 0.196. The van der Waals surface area contributed by atoms with Crippen molar-refractivity contribution >= 4 is 35.0 Å². The Morgan fingerprint density at radius 2 is 1.71 bits per heavy atom. The fourth-order valence-electron chi connectivity index (χ4n) is 4.51. The molecule has 2 heterocycles. The van der Waals surface area contributed by atoms with E-state index >= 15 is 0 Å². The van der Waals surface area contributed by atoms with Crippen LogP contribution in [-0.2, 0) is 14.3 Å². The lowest BCUT2D eigenvalue weighted by atomic mass is 9.96. The molecular formula is C29H31N3O5S. The van der Waals surface area contributed by atoms with Crippen LogP contribution >= 0.6 is 11.3 Å². The molecule has 38 heavy (non-hydrogen) atoms. The number of rotatable bonds is 8. The SMILES string of the molecule is CCOC(=O)C1=C(C)N=c2s/c(=C/c3ccc(N(CC)CC)cc3)c(=O)n2C1c1ccc(OC(C)=O)cc1. The summed E-state index contributed by atoms with van der Waals surface area (Å²) in [6.07, 6.45) is 1.85. The van der Waals surface area contributed by atoms with E-state index in [2.05, 4.69) is 23.7 Å². The highest BCUT2D eigenvalue weighted by atomic mass is 32.1. The molecule has 0 N–H and O–H groups in total. The van der Waals surface area contributed by atoms with Crippen LogP contribution in [0.15, 0.2) is 69.6 Å². The Morgan fingerprint density at radius 1 is 1.05 bits per heavy atom. The first kappa shape index (κ1) is 27.1. The van der Waals surface area contributed by atoms with Crippen molar-refractivity contribution in [1.82, 2.24) is 4.57 Å². The van der Waals surface area contributed by atoms with Crippen molar-refractivity contribution in [2.45, 2.75) is 40.7 Å². The fourth-order valence-corrected chi connectivity index (χ4v) is 5.56. The molecule has 0 radical (unpaired) electrons. The van der Waals surface area contributed by atoms with E-state index in [9.17, 15) is 14.4 Å². The number of benzene rings is 2. The lowest BCUT2D eigenvalue weighted by Gasteiger charge is -2.24. The number of anilines is 1. The van der Waals surface area contributed by atoms with Gasteiger partial charge in [-0.25, -0.2) is 9.79 Å². The van der Waals surface area contributed by atoms with Gasteiger partial charge in [0, 0.05) is 25.7 Å². The van der Waals surface area contributed by atoms with Gasteiger partial charge in [0.25, 0.3) is 5.56 Å². The summed E-state index contributed by atoms with van der Waals surface area (Å²) in [5.74, 6) is -0.580. The maximum Gasteiger partial charge on any atom is 0.338 e. The number of allylic oxidation sites excluding steroid dienone is 1.